The highest BCUT2D eigenvalue weighted by atomic mass is 16.3. The Labute approximate surface area is 192 Å². The molecule has 1 nitrogen and oxygen atoms in total. The lowest BCUT2D eigenvalue weighted by atomic mass is 9.35. The molecule has 0 radical (unpaired) electrons. The molecule has 1 heteroatoms. The van der Waals surface area contributed by atoms with Gasteiger partial charge in [-0.05, 0) is 114 Å². The molecule has 4 fully saturated rings. The van der Waals surface area contributed by atoms with E-state index in [0.717, 1.165) is 18.3 Å². The summed E-state index contributed by atoms with van der Waals surface area (Å²) in [4.78, 5) is 0. The molecule has 0 aliphatic heterocycles. The molecule has 0 heterocycles. The first-order chi connectivity index (χ1) is 14.2. The van der Waals surface area contributed by atoms with Crippen molar-refractivity contribution in [3.63, 3.8) is 0 Å². The summed E-state index contributed by atoms with van der Waals surface area (Å²) in [7, 11) is 0. The molecule has 4 saturated carbocycles. The molecule has 1 N–H and O–H groups in total. The van der Waals surface area contributed by atoms with Crippen LogP contribution < -0.4 is 0 Å². The molecule has 0 unspecified atom stereocenters. The van der Waals surface area contributed by atoms with Gasteiger partial charge < -0.3 is 5.11 Å². The van der Waals surface area contributed by atoms with E-state index in [-0.39, 0.29) is 11.5 Å². The molecule has 0 aromatic heterocycles. The Morgan fingerprint density at radius 2 is 1.32 bits per heavy atom. The third kappa shape index (κ3) is 2.83. The number of aliphatic hydroxyl groups is 1. The summed E-state index contributed by atoms with van der Waals surface area (Å²) in [5.74, 6) is 2.29. The maximum Gasteiger partial charge on any atom is 0.0594 e. The zero-order chi connectivity index (χ0) is 22.7. The van der Waals surface area contributed by atoms with Crippen molar-refractivity contribution in [2.75, 3.05) is 0 Å². The summed E-state index contributed by atoms with van der Waals surface area (Å²) in [6, 6.07) is 0. The highest BCUT2D eigenvalue weighted by molar-refractivity contribution is 5.34. The maximum atomic E-state index is 10.9. The van der Waals surface area contributed by atoms with Gasteiger partial charge >= 0.3 is 0 Å². The van der Waals surface area contributed by atoms with Crippen molar-refractivity contribution in [1.29, 1.82) is 0 Å². The van der Waals surface area contributed by atoms with Crippen molar-refractivity contribution in [3.05, 3.63) is 11.6 Å². The minimum atomic E-state index is -0.122. The SMILES string of the molecule is CC1(C)CC[C@]2(C)CC=C3[C@](C)(CC[C@@H]4[C@]5(C)CC[C@@H](O)C(C)(C)[C@H]5CC[C@@]34C)[C@@H]2C1. The van der Waals surface area contributed by atoms with Crippen LogP contribution in [0.2, 0.25) is 0 Å². The first-order valence-electron chi connectivity index (χ1n) is 13.6. The predicted octanol–water partition coefficient (Wildman–Crippen LogP) is 8.17. The quantitative estimate of drug-likeness (QED) is 0.387. The maximum absolute atomic E-state index is 10.9. The number of allylic oxidation sites excluding steroid dienone is 2. The van der Waals surface area contributed by atoms with Crippen LogP contribution >= 0.6 is 0 Å². The monoisotopic (exact) mass is 426 g/mol. The average molecular weight is 427 g/mol. The van der Waals surface area contributed by atoms with E-state index in [1.807, 2.05) is 5.57 Å². The van der Waals surface area contributed by atoms with Gasteiger partial charge in [-0.25, -0.2) is 0 Å². The van der Waals surface area contributed by atoms with Crippen LogP contribution in [0.4, 0.5) is 0 Å². The first-order valence-corrected chi connectivity index (χ1v) is 13.6. The van der Waals surface area contributed by atoms with Gasteiger partial charge in [0.1, 0.15) is 0 Å². The molecular formula is C30H50O. The zero-order valence-electron chi connectivity index (χ0n) is 21.9. The van der Waals surface area contributed by atoms with E-state index in [0.29, 0.717) is 33.0 Å². The Morgan fingerprint density at radius 1 is 0.710 bits per heavy atom. The molecule has 5 aliphatic carbocycles. The molecule has 0 aromatic carbocycles. The third-order valence-corrected chi connectivity index (χ3v) is 12.7. The van der Waals surface area contributed by atoms with Gasteiger partial charge in [0, 0.05) is 0 Å². The minimum absolute atomic E-state index is 0.0575. The van der Waals surface area contributed by atoms with E-state index in [1.165, 1.54) is 57.8 Å². The standard InChI is InChI=1S/C30H50O/c1-25(2)17-18-27(5)13-9-21-29(7)14-10-20-26(3,4)24(31)12-16-28(20,6)22(29)11-15-30(21,8)23(27)19-25/h9,20,22-24,31H,10-19H2,1-8H3/t20-,22-,23-,24-,27+,28-,29+,30+/m1/s1. The van der Waals surface area contributed by atoms with Gasteiger partial charge in [-0.3, -0.25) is 0 Å². The minimum Gasteiger partial charge on any atom is -0.393 e. The second-order valence-corrected chi connectivity index (χ2v) is 15.3. The van der Waals surface area contributed by atoms with Crippen LogP contribution in [0.25, 0.3) is 0 Å². The number of hydrogen-bond acceptors (Lipinski definition) is 1. The van der Waals surface area contributed by atoms with Crippen molar-refractivity contribution in [2.24, 2.45) is 50.2 Å². The van der Waals surface area contributed by atoms with Gasteiger partial charge in [0.05, 0.1) is 6.10 Å². The lowest BCUT2D eigenvalue weighted by Crippen LogP contribution is -2.63. The summed E-state index contributed by atoms with van der Waals surface area (Å²) in [6.45, 7) is 20.4. The van der Waals surface area contributed by atoms with Gasteiger partial charge in [-0.15, -0.1) is 0 Å². The predicted molar refractivity (Wildman–Crippen MR) is 131 cm³/mol. The highest BCUT2D eigenvalue weighted by Gasteiger charge is 2.66. The fourth-order valence-corrected chi connectivity index (χ4v) is 10.8. The smallest absolute Gasteiger partial charge is 0.0594 e. The van der Waals surface area contributed by atoms with Gasteiger partial charge in [-0.2, -0.15) is 0 Å². The van der Waals surface area contributed by atoms with Crippen LogP contribution in [0, 0.1) is 50.2 Å². The lowest BCUT2D eigenvalue weighted by Gasteiger charge is -2.70. The summed E-state index contributed by atoms with van der Waals surface area (Å²) in [6.07, 6.45) is 15.8. The molecule has 8 atom stereocenters. The zero-order valence-corrected chi connectivity index (χ0v) is 21.9. The number of fused-ring (bicyclic) bond motifs is 7. The third-order valence-electron chi connectivity index (χ3n) is 12.7. The Hall–Kier alpha value is -0.300. The van der Waals surface area contributed by atoms with E-state index >= 15 is 0 Å². The largest absolute Gasteiger partial charge is 0.393 e. The van der Waals surface area contributed by atoms with Gasteiger partial charge in [0.2, 0.25) is 0 Å². The Balaban J connectivity index is 1.56. The molecule has 0 aromatic rings. The molecular weight excluding hydrogens is 376 g/mol. The van der Waals surface area contributed by atoms with Crippen LogP contribution in [0.3, 0.4) is 0 Å². The average Bonchev–Trinajstić information content (AvgIpc) is 2.66. The summed E-state index contributed by atoms with van der Waals surface area (Å²) >= 11 is 0. The van der Waals surface area contributed by atoms with Crippen molar-refractivity contribution >= 4 is 0 Å². The van der Waals surface area contributed by atoms with Crippen molar-refractivity contribution in [1.82, 2.24) is 0 Å². The first kappa shape index (κ1) is 22.5. The Morgan fingerprint density at radius 3 is 2.00 bits per heavy atom. The fourth-order valence-electron chi connectivity index (χ4n) is 10.8. The van der Waals surface area contributed by atoms with Crippen LogP contribution in [-0.2, 0) is 0 Å². The van der Waals surface area contributed by atoms with Crippen LogP contribution in [0.15, 0.2) is 11.6 Å². The Bertz CT molecular complexity index is 790. The second kappa shape index (κ2) is 6.43. The summed E-state index contributed by atoms with van der Waals surface area (Å²) in [5.41, 5.74) is 4.07. The topological polar surface area (TPSA) is 20.2 Å². The van der Waals surface area contributed by atoms with E-state index in [2.05, 4.69) is 61.5 Å². The summed E-state index contributed by atoms with van der Waals surface area (Å²) in [5, 5.41) is 10.9. The van der Waals surface area contributed by atoms with Crippen molar-refractivity contribution in [2.45, 2.75) is 126 Å². The number of rotatable bonds is 0. The fraction of sp³-hybridized carbons (Fsp3) is 0.933. The molecule has 31 heavy (non-hydrogen) atoms. The molecule has 5 rings (SSSR count). The van der Waals surface area contributed by atoms with Crippen molar-refractivity contribution in [3.8, 4) is 0 Å². The van der Waals surface area contributed by atoms with Gasteiger partial charge in [0.25, 0.3) is 0 Å². The van der Waals surface area contributed by atoms with E-state index in [9.17, 15) is 5.11 Å². The number of aliphatic hydroxyl groups excluding tert-OH is 1. The number of hydrogen-bond donors (Lipinski definition) is 1. The van der Waals surface area contributed by atoms with Crippen LogP contribution in [-0.4, -0.2) is 11.2 Å². The molecule has 0 spiro atoms. The van der Waals surface area contributed by atoms with E-state index < -0.39 is 0 Å². The summed E-state index contributed by atoms with van der Waals surface area (Å²) < 4.78 is 0. The molecule has 0 saturated heterocycles. The van der Waals surface area contributed by atoms with E-state index in [1.54, 1.807) is 0 Å². The lowest BCUT2D eigenvalue weighted by molar-refractivity contribution is -0.184. The van der Waals surface area contributed by atoms with E-state index in [4.69, 9.17) is 0 Å². The Kier molecular flexibility index (Phi) is 4.66. The van der Waals surface area contributed by atoms with Gasteiger partial charge in [0.15, 0.2) is 0 Å². The van der Waals surface area contributed by atoms with Crippen LogP contribution in [0.1, 0.15) is 120 Å². The van der Waals surface area contributed by atoms with Gasteiger partial charge in [-0.1, -0.05) is 67.0 Å². The normalized spacial score (nSPS) is 55.2. The molecule has 0 bridgehead atoms. The van der Waals surface area contributed by atoms with Crippen LogP contribution in [0.5, 0.6) is 0 Å². The molecule has 176 valence electrons. The highest BCUT2D eigenvalue weighted by Crippen LogP contribution is 2.74. The molecule has 0 amide bonds. The second-order valence-electron chi connectivity index (χ2n) is 15.3. The molecule has 5 aliphatic rings. The van der Waals surface area contributed by atoms with Crippen molar-refractivity contribution < 1.29 is 5.11 Å².